The van der Waals surface area contributed by atoms with Gasteiger partial charge < -0.3 is 20.1 Å². The first kappa shape index (κ1) is 21.8. The maximum atomic E-state index is 12.6. The second-order valence-corrected chi connectivity index (χ2v) is 9.16. The first-order chi connectivity index (χ1) is 12.4. The van der Waals surface area contributed by atoms with Crippen molar-refractivity contribution in [2.45, 2.75) is 30.2 Å². The molecule has 1 saturated carbocycles. The number of benzene rings is 1. The van der Waals surface area contributed by atoms with E-state index in [1.54, 1.807) is 11.0 Å². The minimum Gasteiger partial charge on any atom is -0.493 e. The molecule has 0 spiro atoms. The first-order valence-corrected chi connectivity index (χ1v) is 10.5. The fourth-order valence-corrected chi connectivity index (χ4v) is 5.26. The molecule has 2 N–H and O–H groups in total. The van der Waals surface area contributed by atoms with Crippen LogP contribution in [-0.4, -0.2) is 58.3 Å². The van der Waals surface area contributed by atoms with Crippen molar-refractivity contribution in [1.82, 2.24) is 4.90 Å². The molecule has 1 saturated heterocycles. The summed E-state index contributed by atoms with van der Waals surface area (Å²) in [5.74, 6) is 1.30. The van der Waals surface area contributed by atoms with Crippen molar-refractivity contribution in [2.24, 2.45) is 17.6 Å². The molecule has 1 aromatic rings. The molecule has 2 aliphatic rings. The monoisotopic (exact) mass is 418 g/mol. The first-order valence-electron chi connectivity index (χ1n) is 8.84. The molecule has 27 heavy (non-hydrogen) atoms. The summed E-state index contributed by atoms with van der Waals surface area (Å²) >= 11 is 0. The van der Waals surface area contributed by atoms with Crippen LogP contribution in [0.3, 0.4) is 0 Å². The lowest BCUT2D eigenvalue weighted by Crippen LogP contribution is -2.34. The molecule has 3 rings (SSSR count). The van der Waals surface area contributed by atoms with Gasteiger partial charge in [-0.25, -0.2) is 8.42 Å². The number of fused-ring (bicyclic) bond motifs is 1. The zero-order chi connectivity index (χ0) is 18.9. The molecule has 1 aromatic carbocycles. The summed E-state index contributed by atoms with van der Waals surface area (Å²) < 4.78 is 35.4. The van der Waals surface area contributed by atoms with Gasteiger partial charge in [-0.05, 0) is 36.8 Å². The van der Waals surface area contributed by atoms with Crippen LogP contribution in [0.2, 0.25) is 0 Å². The van der Waals surface area contributed by atoms with Gasteiger partial charge in [0.25, 0.3) is 0 Å². The molecule has 1 aliphatic carbocycles. The molecule has 1 amide bonds. The number of halogens is 1. The number of likely N-dealkylation sites (tertiary alicyclic amines) is 1. The van der Waals surface area contributed by atoms with Crippen LogP contribution in [0.1, 0.15) is 19.3 Å². The number of hydrogen-bond acceptors (Lipinski definition) is 6. The van der Waals surface area contributed by atoms with Gasteiger partial charge in [0.2, 0.25) is 5.91 Å². The Kier molecular flexibility index (Phi) is 6.99. The van der Waals surface area contributed by atoms with Gasteiger partial charge in [-0.3, -0.25) is 4.79 Å². The summed E-state index contributed by atoms with van der Waals surface area (Å²) in [7, 11) is -0.640. The van der Waals surface area contributed by atoms with Gasteiger partial charge in [-0.2, -0.15) is 0 Å². The number of nitrogens with zero attached hydrogens (tertiary/aromatic N) is 1. The van der Waals surface area contributed by atoms with E-state index in [1.165, 1.54) is 26.4 Å². The number of sulfone groups is 1. The molecule has 152 valence electrons. The Balaban J connectivity index is 0.00000261. The number of carbonyl (C=O) groups is 1. The summed E-state index contributed by atoms with van der Waals surface area (Å²) in [6.45, 7) is 1.36. The number of ether oxygens (including phenoxy) is 2. The fourth-order valence-electron chi connectivity index (χ4n) is 4.02. The van der Waals surface area contributed by atoms with Crippen LogP contribution in [0, 0.1) is 11.8 Å². The van der Waals surface area contributed by atoms with Crippen LogP contribution < -0.4 is 15.2 Å². The second kappa shape index (κ2) is 8.67. The van der Waals surface area contributed by atoms with Crippen LogP contribution in [-0.2, 0) is 14.6 Å². The quantitative estimate of drug-likeness (QED) is 0.751. The van der Waals surface area contributed by atoms with E-state index >= 15 is 0 Å². The molecule has 2 fully saturated rings. The molecule has 0 radical (unpaired) electrons. The predicted octanol–water partition coefficient (Wildman–Crippen LogP) is 1.49. The molecule has 0 bridgehead atoms. The molecule has 7 nitrogen and oxygen atoms in total. The van der Waals surface area contributed by atoms with Gasteiger partial charge in [-0.1, -0.05) is 0 Å². The third-order valence-corrected chi connectivity index (χ3v) is 7.28. The van der Waals surface area contributed by atoms with Gasteiger partial charge in [0.15, 0.2) is 21.3 Å². The van der Waals surface area contributed by atoms with Gasteiger partial charge in [0.1, 0.15) is 0 Å². The Hall–Kier alpha value is -1.51. The van der Waals surface area contributed by atoms with E-state index in [4.69, 9.17) is 15.2 Å². The lowest BCUT2D eigenvalue weighted by atomic mass is 9.98. The van der Waals surface area contributed by atoms with Gasteiger partial charge in [0.05, 0.1) is 24.9 Å². The van der Waals surface area contributed by atoms with Crippen molar-refractivity contribution >= 4 is 28.2 Å². The van der Waals surface area contributed by atoms with Crippen molar-refractivity contribution in [1.29, 1.82) is 0 Å². The fraction of sp³-hybridized carbons (Fsp3) is 0.611. The van der Waals surface area contributed by atoms with Crippen molar-refractivity contribution in [3.05, 3.63) is 18.2 Å². The van der Waals surface area contributed by atoms with Crippen LogP contribution in [0.15, 0.2) is 23.1 Å². The zero-order valence-electron chi connectivity index (χ0n) is 15.6. The Morgan fingerprint density at radius 3 is 2.52 bits per heavy atom. The molecular formula is C18H27ClN2O5S. The van der Waals surface area contributed by atoms with E-state index in [0.29, 0.717) is 36.4 Å². The third kappa shape index (κ3) is 4.50. The molecule has 3 atom stereocenters. The van der Waals surface area contributed by atoms with E-state index in [1.807, 2.05) is 0 Å². The van der Waals surface area contributed by atoms with Crippen LogP contribution in [0.25, 0.3) is 0 Å². The van der Waals surface area contributed by atoms with Gasteiger partial charge >= 0.3 is 0 Å². The molecule has 3 unspecified atom stereocenters. The minimum atomic E-state index is -3.58. The minimum absolute atomic E-state index is 0. The van der Waals surface area contributed by atoms with Gasteiger partial charge in [0, 0.05) is 31.6 Å². The lowest BCUT2D eigenvalue weighted by Gasteiger charge is -2.19. The number of amides is 1. The van der Waals surface area contributed by atoms with Crippen LogP contribution in [0.5, 0.6) is 11.5 Å². The molecule has 0 aromatic heterocycles. The van der Waals surface area contributed by atoms with Crippen molar-refractivity contribution in [3.8, 4) is 11.5 Å². The lowest BCUT2D eigenvalue weighted by molar-refractivity contribution is -0.130. The van der Waals surface area contributed by atoms with Crippen molar-refractivity contribution in [2.75, 3.05) is 33.1 Å². The highest BCUT2D eigenvalue weighted by atomic mass is 35.5. The molecule has 9 heteroatoms. The van der Waals surface area contributed by atoms with E-state index in [0.717, 1.165) is 12.8 Å². The standard InChI is InChI=1S/C18H26N2O5S.ClH/c1-24-16-6-4-13(9-17(16)25-2)26(22,23)8-7-18(21)20-10-12-3-5-15(19)14(12)11-20;/h4,6,9,12,14-15H,3,5,7-8,10-11,19H2,1-2H3;1H. The molecular weight excluding hydrogens is 392 g/mol. The summed E-state index contributed by atoms with van der Waals surface area (Å²) in [6.07, 6.45) is 2.05. The van der Waals surface area contributed by atoms with Crippen LogP contribution in [0.4, 0.5) is 0 Å². The highest BCUT2D eigenvalue weighted by Crippen LogP contribution is 2.37. The van der Waals surface area contributed by atoms with Crippen LogP contribution >= 0.6 is 12.4 Å². The smallest absolute Gasteiger partial charge is 0.223 e. The maximum Gasteiger partial charge on any atom is 0.223 e. The van der Waals surface area contributed by atoms with E-state index in [9.17, 15) is 13.2 Å². The second-order valence-electron chi connectivity index (χ2n) is 7.05. The summed E-state index contributed by atoms with van der Waals surface area (Å²) in [6, 6.07) is 4.61. The number of carbonyl (C=O) groups excluding carboxylic acids is 1. The Bertz CT molecular complexity index is 786. The summed E-state index contributed by atoms with van der Waals surface area (Å²) in [5.41, 5.74) is 6.10. The molecule has 1 heterocycles. The Morgan fingerprint density at radius 2 is 1.89 bits per heavy atom. The predicted molar refractivity (Wildman–Crippen MR) is 104 cm³/mol. The van der Waals surface area contributed by atoms with E-state index in [2.05, 4.69) is 0 Å². The van der Waals surface area contributed by atoms with E-state index < -0.39 is 9.84 Å². The SMILES string of the molecule is COc1ccc(S(=O)(=O)CCC(=O)N2CC3CCC(N)C3C2)cc1OC.Cl. The van der Waals surface area contributed by atoms with Crippen molar-refractivity contribution < 1.29 is 22.7 Å². The summed E-state index contributed by atoms with van der Waals surface area (Å²) in [4.78, 5) is 14.4. The number of rotatable bonds is 6. The topological polar surface area (TPSA) is 98.9 Å². The normalized spacial score (nSPS) is 24.3. The Morgan fingerprint density at radius 1 is 1.19 bits per heavy atom. The number of nitrogens with two attached hydrogens (primary N) is 1. The maximum absolute atomic E-state index is 12.6. The third-order valence-electron chi connectivity index (χ3n) is 5.56. The van der Waals surface area contributed by atoms with Crippen molar-refractivity contribution in [3.63, 3.8) is 0 Å². The number of methoxy groups -OCH3 is 2. The Labute approximate surface area is 166 Å². The summed E-state index contributed by atoms with van der Waals surface area (Å²) in [5, 5.41) is 0. The highest BCUT2D eigenvalue weighted by molar-refractivity contribution is 7.91. The highest BCUT2D eigenvalue weighted by Gasteiger charge is 2.42. The molecule has 1 aliphatic heterocycles. The zero-order valence-corrected chi connectivity index (χ0v) is 17.2. The number of hydrogen-bond donors (Lipinski definition) is 1. The largest absolute Gasteiger partial charge is 0.493 e. The average molecular weight is 419 g/mol. The average Bonchev–Trinajstić information content (AvgIpc) is 3.21. The van der Waals surface area contributed by atoms with E-state index in [-0.39, 0.29) is 41.4 Å². The van der Waals surface area contributed by atoms with Gasteiger partial charge in [-0.15, -0.1) is 12.4 Å².